The molecule has 6 nitrogen and oxygen atoms in total. The number of hydrogen-bond acceptors (Lipinski definition) is 4. The molecule has 0 fully saturated rings. The predicted octanol–water partition coefficient (Wildman–Crippen LogP) is 3.00. The largest absolute Gasteiger partial charge is 0.465 e. The molecule has 0 spiro atoms. The number of carbonyl (C=O) groups excluding carboxylic acids is 3. The molecule has 25 heavy (non-hydrogen) atoms. The predicted molar refractivity (Wildman–Crippen MR) is 95.5 cm³/mol. The Morgan fingerprint density at radius 2 is 1.56 bits per heavy atom. The van der Waals surface area contributed by atoms with E-state index in [4.69, 9.17) is 0 Å². The molecule has 0 unspecified atom stereocenters. The highest BCUT2D eigenvalue weighted by atomic mass is 16.5. The molecule has 0 saturated carbocycles. The van der Waals surface area contributed by atoms with E-state index in [9.17, 15) is 14.4 Å². The van der Waals surface area contributed by atoms with E-state index in [1.54, 1.807) is 30.3 Å². The van der Waals surface area contributed by atoms with Crippen molar-refractivity contribution in [1.29, 1.82) is 0 Å². The molecule has 0 aliphatic heterocycles. The number of esters is 1. The number of carbonyl (C=O) groups is 3. The minimum Gasteiger partial charge on any atom is -0.465 e. The van der Waals surface area contributed by atoms with E-state index in [1.807, 2.05) is 25.1 Å². The lowest BCUT2D eigenvalue weighted by atomic mass is 10.1. The quantitative estimate of drug-likeness (QED) is 0.625. The Morgan fingerprint density at radius 3 is 2.20 bits per heavy atom. The van der Waals surface area contributed by atoms with E-state index in [1.165, 1.54) is 7.11 Å². The maximum Gasteiger partial charge on any atom is 0.337 e. The van der Waals surface area contributed by atoms with E-state index in [0.29, 0.717) is 16.9 Å². The van der Waals surface area contributed by atoms with Crippen molar-refractivity contribution in [3.63, 3.8) is 0 Å². The zero-order valence-electron chi connectivity index (χ0n) is 14.2. The van der Waals surface area contributed by atoms with Crippen LogP contribution >= 0.6 is 0 Å². The summed E-state index contributed by atoms with van der Waals surface area (Å²) in [6, 6.07) is 13.7. The SMILES string of the molecule is CCc1ccccc1NC(=O)CC(=O)Nc1ccc(C(=O)OC)cc1. The van der Waals surface area contributed by atoms with Crippen molar-refractivity contribution in [1.82, 2.24) is 0 Å². The Morgan fingerprint density at radius 1 is 0.920 bits per heavy atom. The number of aryl methyl sites for hydroxylation is 1. The first-order chi connectivity index (χ1) is 12.0. The van der Waals surface area contributed by atoms with Crippen molar-refractivity contribution in [2.45, 2.75) is 19.8 Å². The van der Waals surface area contributed by atoms with Crippen LogP contribution in [0.2, 0.25) is 0 Å². The summed E-state index contributed by atoms with van der Waals surface area (Å²) >= 11 is 0. The lowest BCUT2D eigenvalue weighted by molar-refractivity contribution is -0.123. The van der Waals surface area contributed by atoms with Crippen LogP contribution < -0.4 is 10.6 Å². The molecule has 2 amide bonds. The Balaban J connectivity index is 1.91. The summed E-state index contributed by atoms with van der Waals surface area (Å²) in [5, 5.41) is 5.37. The van der Waals surface area contributed by atoms with Crippen molar-refractivity contribution >= 4 is 29.2 Å². The zero-order valence-corrected chi connectivity index (χ0v) is 14.2. The third-order valence-corrected chi connectivity index (χ3v) is 3.58. The summed E-state index contributed by atoms with van der Waals surface area (Å²) in [5.41, 5.74) is 2.61. The molecule has 0 aliphatic carbocycles. The molecular formula is C19H20N2O4. The van der Waals surface area contributed by atoms with Gasteiger partial charge in [-0.2, -0.15) is 0 Å². The van der Waals surface area contributed by atoms with Crippen LogP contribution in [0.3, 0.4) is 0 Å². The van der Waals surface area contributed by atoms with Crippen LogP contribution in [-0.2, 0) is 20.7 Å². The van der Waals surface area contributed by atoms with Gasteiger partial charge in [0.15, 0.2) is 0 Å². The van der Waals surface area contributed by atoms with Crippen LogP contribution in [0.1, 0.15) is 29.3 Å². The molecule has 6 heteroatoms. The van der Waals surface area contributed by atoms with Gasteiger partial charge >= 0.3 is 5.97 Å². The fourth-order valence-electron chi connectivity index (χ4n) is 2.30. The number of rotatable bonds is 6. The number of para-hydroxylation sites is 1. The van der Waals surface area contributed by atoms with E-state index in [-0.39, 0.29) is 12.3 Å². The molecule has 0 saturated heterocycles. The first-order valence-electron chi connectivity index (χ1n) is 7.89. The van der Waals surface area contributed by atoms with Gasteiger partial charge in [0.05, 0.1) is 12.7 Å². The second kappa shape index (κ2) is 8.63. The van der Waals surface area contributed by atoms with Crippen molar-refractivity contribution in [3.05, 3.63) is 59.7 Å². The monoisotopic (exact) mass is 340 g/mol. The lowest BCUT2D eigenvalue weighted by Crippen LogP contribution is -2.22. The normalized spacial score (nSPS) is 10.0. The van der Waals surface area contributed by atoms with Gasteiger partial charge in [0.1, 0.15) is 6.42 Å². The number of ether oxygens (including phenoxy) is 1. The zero-order chi connectivity index (χ0) is 18.2. The van der Waals surface area contributed by atoms with Gasteiger partial charge in [-0.25, -0.2) is 4.79 Å². The van der Waals surface area contributed by atoms with E-state index in [2.05, 4.69) is 15.4 Å². The molecule has 130 valence electrons. The second-order valence-corrected chi connectivity index (χ2v) is 5.35. The van der Waals surface area contributed by atoms with Crippen molar-refractivity contribution < 1.29 is 19.1 Å². The highest BCUT2D eigenvalue weighted by Crippen LogP contribution is 2.16. The molecule has 0 atom stereocenters. The van der Waals surface area contributed by atoms with E-state index < -0.39 is 11.9 Å². The first kappa shape index (κ1) is 18.2. The summed E-state index contributed by atoms with van der Waals surface area (Å²) in [7, 11) is 1.30. The maximum absolute atomic E-state index is 12.0. The Kier molecular flexibility index (Phi) is 6.28. The van der Waals surface area contributed by atoms with E-state index in [0.717, 1.165) is 12.0 Å². The molecule has 0 bridgehead atoms. The summed E-state index contributed by atoms with van der Waals surface area (Å²) in [4.78, 5) is 35.4. The molecular weight excluding hydrogens is 320 g/mol. The molecule has 2 aromatic rings. The fraction of sp³-hybridized carbons (Fsp3) is 0.211. The van der Waals surface area contributed by atoms with Gasteiger partial charge in [-0.15, -0.1) is 0 Å². The molecule has 0 aromatic heterocycles. The van der Waals surface area contributed by atoms with Gasteiger partial charge in [0.2, 0.25) is 11.8 Å². The van der Waals surface area contributed by atoms with Gasteiger partial charge in [0.25, 0.3) is 0 Å². The van der Waals surface area contributed by atoms with Crippen molar-refractivity contribution in [3.8, 4) is 0 Å². The number of benzene rings is 2. The molecule has 2 rings (SSSR count). The van der Waals surface area contributed by atoms with E-state index >= 15 is 0 Å². The summed E-state index contributed by atoms with van der Waals surface area (Å²) in [5.74, 6) is -1.27. The summed E-state index contributed by atoms with van der Waals surface area (Å²) < 4.78 is 4.61. The molecule has 2 aromatic carbocycles. The van der Waals surface area contributed by atoms with Gasteiger partial charge < -0.3 is 15.4 Å². The van der Waals surface area contributed by atoms with Gasteiger partial charge in [-0.1, -0.05) is 25.1 Å². The van der Waals surface area contributed by atoms with Crippen LogP contribution in [0, 0.1) is 0 Å². The maximum atomic E-state index is 12.0. The van der Waals surface area contributed by atoms with Crippen LogP contribution in [-0.4, -0.2) is 24.9 Å². The number of anilines is 2. The average molecular weight is 340 g/mol. The van der Waals surface area contributed by atoms with Crippen LogP contribution in [0.25, 0.3) is 0 Å². The smallest absolute Gasteiger partial charge is 0.337 e. The second-order valence-electron chi connectivity index (χ2n) is 5.35. The van der Waals surface area contributed by atoms with Crippen LogP contribution in [0.4, 0.5) is 11.4 Å². The summed E-state index contributed by atoms with van der Waals surface area (Å²) in [6.07, 6.45) is 0.492. The molecule has 0 heterocycles. The first-order valence-corrected chi connectivity index (χ1v) is 7.89. The van der Waals surface area contributed by atoms with Crippen molar-refractivity contribution in [2.24, 2.45) is 0 Å². The topological polar surface area (TPSA) is 84.5 Å². The van der Waals surface area contributed by atoms with Gasteiger partial charge in [-0.05, 0) is 42.3 Å². The van der Waals surface area contributed by atoms with Gasteiger partial charge in [-0.3, -0.25) is 9.59 Å². The lowest BCUT2D eigenvalue weighted by Gasteiger charge is -2.10. The molecule has 2 N–H and O–H groups in total. The Hall–Kier alpha value is -3.15. The number of hydrogen-bond donors (Lipinski definition) is 2. The Bertz CT molecular complexity index is 769. The van der Waals surface area contributed by atoms with Gasteiger partial charge in [0, 0.05) is 11.4 Å². The number of amides is 2. The molecule has 0 radical (unpaired) electrons. The van der Waals surface area contributed by atoms with Crippen molar-refractivity contribution in [2.75, 3.05) is 17.7 Å². The average Bonchev–Trinajstić information content (AvgIpc) is 2.62. The van der Waals surface area contributed by atoms with Crippen LogP contribution in [0.5, 0.6) is 0 Å². The highest BCUT2D eigenvalue weighted by Gasteiger charge is 2.12. The highest BCUT2D eigenvalue weighted by molar-refractivity contribution is 6.08. The standard InChI is InChI=1S/C19H20N2O4/c1-3-13-6-4-5-7-16(13)21-18(23)12-17(22)20-15-10-8-14(9-11-15)19(24)25-2/h4-11H,3,12H2,1-2H3,(H,20,22)(H,21,23). The minimum atomic E-state index is -0.452. The third-order valence-electron chi connectivity index (χ3n) is 3.58. The number of nitrogens with one attached hydrogen (secondary N) is 2. The summed E-state index contributed by atoms with van der Waals surface area (Å²) in [6.45, 7) is 2.00. The number of methoxy groups -OCH3 is 1. The Labute approximate surface area is 146 Å². The fourth-order valence-corrected chi connectivity index (χ4v) is 2.30. The minimum absolute atomic E-state index is 0.295. The molecule has 0 aliphatic rings. The van der Waals surface area contributed by atoms with Crippen LogP contribution in [0.15, 0.2) is 48.5 Å². The third kappa shape index (κ3) is 5.17.